The maximum Gasteiger partial charge on any atom is 0.314 e. The second-order valence-electron chi connectivity index (χ2n) is 8.69. The van der Waals surface area contributed by atoms with Gasteiger partial charge in [-0.25, -0.2) is 13.8 Å². The highest BCUT2D eigenvalue weighted by Gasteiger charge is 2.21. The number of hydrogen-bond donors (Lipinski definition) is 0. The molecule has 2 heterocycles. The van der Waals surface area contributed by atoms with Gasteiger partial charge in [-0.15, -0.1) is 11.3 Å². The van der Waals surface area contributed by atoms with Gasteiger partial charge in [-0.2, -0.15) is 4.39 Å². The molecule has 2 aromatic heterocycles. The fourth-order valence-electron chi connectivity index (χ4n) is 3.85. The topological polar surface area (TPSA) is 43.6 Å². The van der Waals surface area contributed by atoms with E-state index in [1.54, 1.807) is 17.5 Å². The van der Waals surface area contributed by atoms with Gasteiger partial charge in [-0.1, -0.05) is 58.8 Å². The number of carbonyl (C=O) groups is 1. The lowest BCUT2D eigenvalue weighted by Crippen LogP contribution is -2.16. The smallest absolute Gasteiger partial charge is 0.314 e. The minimum absolute atomic E-state index is 0.0167. The molecule has 1 atom stereocenters. The van der Waals surface area contributed by atoms with Crippen molar-refractivity contribution < 1.29 is 22.7 Å². The van der Waals surface area contributed by atoms with E-state index in [4.69, 9.17) is 4.74 Å². The number of aromatic nitrogens is 2. The van der Waals surface area contributed by atoms with Gasteiger partial charge in [0, 0.05) is 22.8 Å². The third-order valence-corrected chi connectivity index (χ3v) is 6.84. The van der Waals surface area contributed by atoms with E-state index in [1.165, 1.54) is 49.1 Å². The number of aryl methyl sites for hydroxylation is 1. The average Bonchev–Trinajstić information content (AvgIpc) is 3.36. The number of hydrogen-bond acceptors (Lipinski definition) is 4. The monoisotopic (exact) mass is 494 g/mol. The summed E-state index contributed by atoms with van der Waals surface area (Å²) in [7, 11) is 0. The second-order valence-corrected chi connectivity index (χ2v) is 9.78. The summed E-state index contributed by atoms with van der Waals surface area (Å²) in [6.07, 6.45) is 11.9. The van der Waals surface area contributed by atoms with Crippen LogP contribution in [0.5, 0.6) is 5.75 Å². The number of unbranched alkanes of at least 4 members (excludes halogenated alkanes) is 6. The molecule has 0 aliphatic carbocycles. The first-order valence-electron chi connectivity index (χ1n) is 12.2. The molecule has 0 fully saturated rings. The van der Waals surface area contributed by atoms with Crippen LogP contribution in [0.3, 0.4) is 0 Å². The van der Waals surface area contributed by atoms with Gasteiger partial charge in [0.25, 0.3) is 0 Å². The Balaban J connectivity index is 1.62. The average molecular weight is 495 g/mol. The van der Waals surface area contributed by atoms with Crippen LogP contribution in [0.15, 0.2) is 24.5 Å². The van der Waals surface area contributed by atoms with Gasteiger partial charge in [-0.05, 0) is 31.4 Å². The number of alkyl halides is 1. The Labute approximate surface area is 203 Å². The van der Waals surface area contributed by atoms with Crippen molar-refractivity contribution >= 4 is 22.3 Å². The van der Waals surface area contributed by atoms with Gasteiger partial charge in [0.2, 0.25) is 5.82 Å². The van der Waals surface area contributed by atoms with E-state index in [1.807, 2.05) is 17.5 Å². The molecule has 0 saturated heterocycles. The summed E-state index contributed by atoms with van der Waals surface area (Å²) in [5, 5.41) is 0. The molecule has 0 saturated carbocycles. The molecule has 0 radical (unpaired) electrons. The van der Waals surface area contributed by atoms with Crippen molar-refractivity contribution in [1.29, 1.82) is 0 Å². The third kappa shape index (κ3) is 7.08. The van der Waals surface area contributed by atoms with Crippen LogP contribution in [-0.2, 0) is 11.2 Å². The zero-order valence-corrected chi connectivity index (χ0v) is 20.7. The Bertz CT molecular complexity index is 1050. The van der Waals surface area contributed by atoms with Crippen LogP contribution in [0.2, 0.25) is 0 Å². The Kier molecular flexibility index (Phi) is 9.99. The number of carbonyl (C=O) groups excluding carboxylic acids is 1. The van der Waals surface area contributed by atoms with Crippen LogP contribution >= 0.6 is 11.3 Å². The van der Waals surface area contributed by atoms with E-state index < -0.39 is 35.9 Å². The lowest BCUT2D eigenvalue weighted by molar-refractivity contribution is -0.135. The van der Waals surface area contributed by atoms with Crippen LogP contribution < -0.4 is 4.74 Å². The molecular weight excluding hydrogens is 461 g/mol. The first-order chi connectivity index (χ1) is 16.4. The summed E-state index contributed by atoms with van der Waals surface area (Å²) in [5.41, 5.74) is 0.284. The van der Waals surface area contributed by atoms with Gasteiger partial charge in [0.1, 0.15) is 6.17 Å². The van der Waals surface area contributed by atoms with Gasteiger partial charge in [-0.3, -0.25) is 9.20 Å². The van der Waals surface area contributed by atoms with Crippen molar-refractivity contribution in [3.8, 4) is 17.0 Å². The van der Waals surface area contributed by atoms with E-state index in [0.717, 1.165) is 19.3 Å². The minimum Gasteiger partial charge on any atom is -0.423 e. The van der Waals surface area contributed by atoms with Crippen LogP contribution in [0.25, 0.3) is 16.2 Å². The van der Waals surface area contributed by atoms with Gasteiger partial charge in [0.05, 0.1) is 12.1 Å². The molecule has 0 unspecified atom stereocenters. The summed E-state index contributed by atoms with van der Waals surface area (Å²) >= 11 is 1.54. The number of ether oxygens (including phenoxy) is 1. The van der Waals surface area contributed by atoms with E-state index in [2.05, 4.69) is 11.9 Å². The third-order valence-electron chi connectivity index (χ3n) is 5.79. The Morgan fingerprint density at radius 2 is 1.76 bits per heavy atom. The van der Waals surface area contributed by atoms with E-state index in [9.17, 15) is 18.0 Å². The summed E-state index contributed by atoms with van der Waals surface area (Å²) in [6.45, 7) is 4.13. The molecule has 0 aliphatic heterocycles. The summed E-state index contributed by atoms with van der Waals surface area (Å²) in [6, 6.07) is 2.51. The highest BCUT2D eigenvalue weighted by Crippen LogP contribution is 2.31. The largest absolute Gasteiger partial charge is 0.423 e. The molecule has 1 aromatic carbocycles. The van der Waals surface area contributed by atoms with Crippen molar-refractivity contribution in [1.82, 2.24) is 9.38 Å². The maximum atomic E-state index is 14.7. The zero-order chi connectivity index (χ0) is 24.5. The maximum absolute atomic E-state index is 14.7. The van der Waals surface area contributed by atoms with Gasteiger partial charge >= 0.3 is 5.97 Å². The Morgan fingerprint density at radius 3 is 2.50 bits per heavy atom. The number of nitrogens with zero attached hydrogens (tertiary/aromatic N) is 2. The number of imidazole rings is 1. The highest BCUT2D eigenvalue weighted by atomic mass is 32.1. The predicted molar refractivity (Wildman–Crippen MR) is 130 cm³/mol. The number of thiazole rings is 1. The molecule has 0 aliphatic rings. The summed E-state index contributed by atoms with van der Waals surface area (Å²) in [5.74, 6) is -3.90. The molecule has 3 aromatic rings. The molecule has 34 heavy (non-hydrogen) atoms. The quantitative estimate of drug-likeness (QED) is 0.129. The standard InChI is InChI=1S/C26H33F3N2O2S/c1-3-5-7-8-9-10-12-19-16-31-17-21(30-26(31)34-19)20-13-14-22(25(29)24(20)28)33-23(32)15-18(27)11-6-4-2/h13-14,16-18H,3-12,15H2,1-2H3/t18-/m1/s1. The molecule has 0 bridgehead atoms. The minimum atomic E-state index is -1.36. The van der Waals surface area contributed by atoms with Crippen LogP contribution in [0.1, 0.15) is 82.9 Å². The van der Waals surface area contributed by atoms with Crippen LogP contribution in [-0.4, -0.2) is 21.5 Å². The molecular formula is C26H33F3N2O2S. The van der Waals surface area contributed by atoms with Crippen LogP contribution in [0, 0.1) is 11.6 Å². The van der Waals surface area contributed by atoms with Gasteiger partial charge < -0.3 is 4.74 Å². The predicted octanol–water partition coefficient (Wildman–Crippen LogP) is 8.07. The highest BCUT2D eigenvalue weighted by molar-refractivity contribution is 7.17. The molecule has 186 valence electrons. The van der Waals surface area contributed by atoms with Crippen molar-refractivity contribution in [3.05, 3.63) is 41.0 Å². The summed E-state index contributed by atoms with van der Waals surface area (Å²) < 4.78 is 49.8. The molecule has 4 nitrogen and oxygen atoms in total. The first-order valence-corrected chi connectivity index (χ1v) is 13.0. The van der Waals surface area contributed by atoms with Crippen molar-refractivity contribution in [2.24, 2.45) is 0 Å². The molecule has 0 spiro atoms. The zero-order valence-electron chi connectivity index (χ0n) is 19.9. The fraction of sp³-hybridized carbons (Fsp3) is 0.538. The number of benzene rings is 1. The Morgan fingerprint density at radius 1 is 1.03 bits per heavy atom. The Hall–Kier alpha value is -2.35. The fourth-order valence-corrected chi connectivity index (χ4v) is 4.85. The molecule has 0 N–H and O–H groups in total. The summed E-state index contributed by atoms with van der Waals surface area (Å²) in [4.78, 5) is 18.3. The first kappa shape index (κ1) is 26.3. The lowest BCUT2D eigenvalue weighted by atomic mass is 10.1. The van der Waals surface area contributed by atoms with Crippen molar-refractivity contribution in [2.45, 2.75) is 90.6 Å². The van der Waals surface area contributed by atoms with E-state index >= 15 is 0 Å². The van der Waals surface area contributed by atoms with Crippen molar-refractivity contribution in [2.75, 3.05) is 0 Å². The molecule has 3 rings (SSSR count). The van der Waals surface area contributed by atoms with E-state index in [-0.39, 0.29) is 12.0 Å². The number of esters is 1. The number of rotatable bonds is 14. The van der Waals surface area contributed by atoms with Crippen LogP contribution in [0.4, 0.5) is 13.2 Å². The van der Waals surface area contributed by atoms with Gasteiger partial charge in [0.15, 0.2) is 16.5 Å². The lowest BCUT2D eigenvalue weighted by Gasteiger charge is -2.10. The SMILES string of the molecule is CCCCCCCCc1cn2cc(-c3ccc(OC(=O)C[C@H](F)CCCC)c(F)c3F)nc2s1. The number of halogens is 3. The molecule has 8 heteroatoms. The molecule has 0 amide bonds. The second kappa shape index (κ2) is 12.9. The number of fused-ring (bicyclic) bond motifs is 1. The van der Waals surface area contributed by atoms with E-state index in [0.29, 0.717) is 17.1 Å². The normalized spacial score (nSPS) is 12.4. The van der Waals surface area contributed by atoms with Crippen molar-refractivity contribution in [3.63, 3.8) is 0 Å².